The highest BCUT2D eigenvalue weighted by Crippen LogP contribution is 2.53. The van der Waals surface area contributed by atoms with Crippen molar-refractivity contribution in [2.45, 2.75) is 19.3 Å². The molecule has 1 aliphatic carbocycles. The van der Waals surface area contributed by atoms with E-state index >= 15 is 0 Å². The van der Waals surface area contributed by atoms with Gasteiger partial charge in [-0.1, -0.05) is 74.5 Å². The first kappa shape index (κ1) is 19.4. The Bertz CT molecular complexity index is 1990. The molecule has 2 aromatic heterocycles. The fourth-order valence-corrected chi connectivity index (χ4v) is 7.07. The number of benzene rings is 5. The minimum absolute atomic E-state index is 0.0670. The van der Waals surface area contributed by atoms with Gasteiger partial charge < -0.3 is 4.57 Å². The van der Waals surface area contributed by atoms with Crippen LogP contribution >= 0.6 is 11.3 Å². The number of hydrogen-bond donors (Lipinski definition) is 0. The first-order valence-electron chi connectivity index (χ1n) is 12.1. The second-order valence-corrected chi connectivity index (χ2v) is 11.0. The molecule has 0 spiro atoms. The van der Waals surface area contributed by atoms with E-state index in [1.165, 1.54) is 59.5 Å². The van der Waals surface area contributed by atoms with Gasteiger partial charge in [0, 0.05) is 21.9 Å². The molecule has 7 aromatic rings. The summed E-state index contributed by atoms with van der Waals surface area (Å²) in [6, 6.07) is 33.6. The highest BCUT2D eigenvalue weighted by atomic mass is 32.1. The Morgan fingerprint density at radius 1 is 0.743 bits per heavy atom. The van der Waals surface area contributed by atoms with Gasteiger partial charge in [-0.2, -0.15) is 0 Å². The summed E-state index contributed by atoms with van der Waals surface area (Å²) >= 11 is 1.69. The lowest BCUT2D eigenvalue weighted by atomic mass is 9.79. The van der Waals surface area contributed by atoms with Crippen LogP contribution in [0.1, 0.15) is 25.0 Å². The second kappa shape index (κ2) is 6.59. The number of para-hydroxylation sites is 1. The Kier molecular flexibility index (Phi) is 3.64. The van der Waals surface area contributed by atoms with Crippen molar-refractivity contribution in [1.82, 2.24) is 9.55 Å². The summed E-state index contributed by atoms with van der Waals surface area (Å²) in [7, 11) is 0. The van der Waals surface area contributed by atoms with E-state index in [1.54, 1.807) is 11.3 Å². The molecule has 0 fully saturated rings. The van der Waals surface area contributed by atoms with Crippen molar-refractivity contribution in [3.05, 3.63) is 108 Å². The maximum atomic E-state index is 4.59. The van der Waals surface area contributed by atoms with E-state index < -0.39 is 0 Å². The van der Waals surface area contributed by atoms with E-state index in [9.17, 15) is 0 Å². The fraction of sp³-hybridized carbons (Fsp3) is 0.0938. The van der Waals surface area contributed by atoms with Gasteiger partial charge in [0.25, 0.3) is 0 Å². The maximum Gasteiger partial charge on any atom is 0.0832 e. The van der Waals surface area contributed by atoms with Gasteiger partial charge in [-0.15, -0.1) is 11.3 Å². The van der Waals surface area contributed by atoms with Crippen molar-refractivity contribution in [2.75, 3.05) is 0 Å². The smallest absolute Gasteiger partial charge is 0.0832 e. The highest BCUT2D eigenvalue weighted by Gasteiger charge is 2.37. The number of thiazole rings is 1. The number of aromatic nitrogens is 2. The van der Waals surface area contributed by atoms with Gasteiger partial charge in [0.05, 0.1) is 26.8 Å². The largest absolute Gasteiger partial charge is 0.309 e. The van der Waals surface area contributed by atoms with Crippen LogP contribution in [0.2, 0.25) is 0 Å². The Hall–Kier alpha value is -3.95. The normalized spacial score (nSPS) is 14.2. The predicted octanol–water partition coefficient (Wildman–Crippen LogP) is 8.85. The minimum Gasteiger partial charge on any atom is -0.309 e. The summed E-state index contributed by atoms with van der Waals surface area (Å²) in [5.74, 6) is 0. The molecule has 8 rings (SSSR count). The average Bonchev–Trinajstić information content (AvgIpc) is 3.55. The van der Waals surface area contributed by atoms with Crippen LogP contribution < -0.4 is 0 Å². The molecule has 3 heteroatoms. The Morgan fingerprint density at radius 3 is 2.51 bits per heavy atom. The molecule has 35 heavy (non-hydrogen) atoms. The third-order valence-corrected chi connectivity index (χ3v) is 8.72. The lowest BCUT2D eigenvalue weighted by Gasteiger charge is -2.23. The van der Waals surface area contributed by atoms with Gasteiger partial charge in [-0.05, 0) is 63.4 Å². The molecular formula is C32H22N2S. The van der Waals surface area contributed by atoms with Crippen molar-refractivity contribution in [3.8, 4) is 16.8 Å². The van der Waals surface area contributed by atoms with Crippen LogP contribution in [-0.4, -0.2) is 9.55 Å². The predicted molar refractivity (Wildman–Crippen MR) is 149 cm³/mol. The van der Waals surface area contributed by atoms with E-state index in [0.717, 1.165) is 11.2 Å². The molecule has 2 nitrogen and oxygen atoms in total. The number of rotatable bonds is 1. The summed E-state index contributed by atoms with van der Waals surface area (Å²) in [5, 5.41) is 5.32. The first-order chi connectivity index (χ1) is 17.1. The number of hydrogen-bond acceptors (Lipinski definition) is 2. The van der Waals surface area contributed by atoms with Crippen LogP contribution in [0.3, 0.4) is 0 Å². The second-order valence-electron chi connectivity index (χ2n) is 10.1. The van der Waals surface area contributed by atoms with Gasteiger partial charge >= 0.3 is 0 Å². The molecule has 166 valence electrons. The van der Waals surface area contributed by atoms with Crippen molar-refractivity contribution in [3.63, 3.8) is 0 Å². The van der Waals surface area contributed by atoms with Gasteiger partial charge in [-0.3, -0.25) is 0 Å². The van der Waals surface area contributed by atoms with Crippen LogP contribution in [-0.2, 0) is 5.41 Å². The Morgan fingerprint density at radius 2 is 1.57 bits per heavy atom. The maximum absolute atomic E-state index is 4.59. The van der Waals surface area contributed by atoms with Crippen LogP contribution in [0.15, 0.2) is 96.5 Å². The molecule has 1 aliphatic rings. The van der Waals surface area contributed by atoms with Gasteiger partial charge in [0.1, 0.15) is 0 Å². The fourth-order valence-electron chi connectivity index (χ4n) is 6.41. The lowest BCUT2D eigenvalue weighted by Crippen LogP contribution is -2.15. The van der Waals surface area contributed by atoms with E-state index in [4.69, 9.17) is 0 Å². The van der Waals surface area contributed by atoms with E-state index in [1.807, 2.05) is 5.51 Å². The van der Waals surface area contributed by atoms with E-state index in [-0.39, 0.29) is 5.41 Å². The summed E-state index contributed by atoms with van der Waals surface area (Å²) in [6.45, 7) is 4.76. The van der Waals surface area contributed by atoms with Crippen LogP contribution in [0.5, 0.6) is 0 Å². The molecule has 0 amide bonds. The standard InChI is InChI=1S/C32H22N2S/c1-32(2)24-9-5-3-7-21(24)22-14-11-19-12-15-27-30(29(19)31(22)32)23-8-4-6-10-26(23)34(27)20-13-16-28-25(17-20)33-18-35-28/h3-18H,1-2H3. The molecule has 0 saturated carbocycles. The molecule has 0 unspecified atom stereocenters. The van der Waals surface area contributed by atoms with Crippen LogP contribution in [0, 0.1) is 0 Å². The third-order valence-electron chi connectivity index (χ3n) is 7.91. The molecular weight excluding hydrogens is 444 g/mol. The molecule has 2 heterocycles. The molecule has 0 N–H and O–H groups in total. The van der Waals surface area contributed by atoms with Crippen molar-refractivity contribution >= 4 is 54.1 Å². The summed E-state index contributed by atoms with van der Waals surface area (Å²) in [6.07, 6.45) is 0. The molecule has 0 atom stereocenters. The lowest BCUT2D eigenvalue weighted by molar-refractivity contribution is 0.666. The zero-order valence-electron chi connectivity index (χ0n) is 19.5. The highest BCUT2D eigenvalue weighted by molar-refractivity contribution is 7.16. The van der Waals surface area contributed by atoms with Crippen LogP contribution in [0.4, 0.5) is 0 Å². The zero-order chi connectivity index (χ0) is 23.3. The SMILES string of the molecule is CC1(C)c2ccccc2-c2ccc3ccc4c(c5ccccc5n4-c4ccc5scnc5c4)c3c21. The summed E-state index contributed by atoms with van der Waals surface area (Å²) in [5.41, 5.74) is 12.1. The van der Waals surface area contributed by atoms with Crippen molar-refractivity contribution in [2.24, 2.45) is 0 Å². The van der Waals surface area contributed by atoms with Gasteiger partial charge in [0.2, 0.25) is 0 Å². The zero-order valence-corrected chi connectivity index (χ0v) is 20.4. The molecule has 0 saturated heterocycles. The Balaban J connectivity index is 1.57. The van der Waals surface area contributed by atoms with E-state index in [2.05, 4.69) is 114 Å². The topological polar surface area (TPSA) is 17.8 Å². The summed E-state index contributed by atoms with van der Waals surface area (Å²) in [4.78, 5) is 4.59. The molecule has 0 bridgehead atoms. The first-order valence-corrected chi connectivity index (χ1v) is 12.9. The van der Waals surface area contributed by atoms with Gasteiger partial charge in [0.15, 0.2) is 0 Å². The van der Waals surface area contributed by atoms with E-state index in [0.29, 0.717) is 0 Å². The van der Waals surface area contributed by atoms with Crippen molar-refractivity contribution in [1.29, 1.82) is 0 Å². The van der Waals surface area contributed by atoms with Crippen LogP contribution in [0.25, 0.3) is 59.6 Å². The third kappa shape index (κ3) is 2.41. The molecule has 5 aromatic carbocycles. The monoisotopic (exact) mass is 466 g/mol. The average molecular weight is 467 g/mol. The Labute approximate surface area is 207 Å². The van der Waals surface area contributed by atoms with Gasteiger partial charge in [-0.25, -0.2) is 4.98 Å². The quantitative estimate of drug-likeness (QED) is 0.236. The number of fused-ring (bicyclic) bond motifs is 10. The molecule has 0 aliphatic heterocycles. The summed E-state index contributed by atoms with van der Waals surface area (Å²) < 4.78 is 3.63. The minimum atomic E-state index is -0.0670. The molecule has 0 radical (unpaired) electrons. The number of nitrogens with zero attached hydrogens (tertiary/aromatic N) is 2. The van der Waals surface area contributed by atoms with Crippen molar-refractivity contribution < 1.29 is 0 Å².